The van der Waals surface area contributed by atoms with Crippen LogP contribution in [0.15, 0.2) is 0 Å². The van der Waals surface area contributed by atoms with Gasteiger partial charge in [-0.1, -0.05) is 13.8 Å². The molecule has 0 spiro atoms. The summed E-state index contributed by atoms with van der Waals surface area (Å²) in [6.45, 7) is 6.40. The van der Waals surface area contributed by atoms with Crippen molar-refractivity contribution in [3.05, 3.63) is 0 Å². The van der Waals surface area contributed by atoms with Crippen molar-refractivity contribution >= 4 is 5.91 Å². The van der Waals surface area contributed by atoms with Crippen LogP contribution in [0.1, 0.15) is 20.8 Å². The molecule has 0 aromatic heterocycles. The Labute approximate surface area is 90.9 Å². The van der Waals surface area contributed by atoms with Gasteiger partial charge in [0.25, 0.3) is 0 Å². The Morgan fingerprint density at radius 3 is 2.60 bits per heavy atom. The first-order valence-corrected chi connectivity index (χ1v) is 5.24. The van der Waals surface area contributed by atoms with Crippen molar-refractivity contribution in [3.8, 4) is 0 Å². The van der Waals surface area contributed by atoms with E-state index in [1.165, 1.54) is 6.92 Å². The fourth-order valence-corrected chi connectivity index (χ4v) is 0.961. The monoisotopic (exact) mass is 218 g/mol. The fourth-order valence-electron chi connectivity index (χ4n) is 0.961. The van der Waals surface area contributed by atoms with Crippen LogP contribution in [0.25, 0.3) is 0 Å². The molecule has 4 N–H and O–H groups in total. The van der Waals surface area contributed by atoms with Crippen LogP contribution in [0.2, 0.25) is 0 Å². The van der Waals surface area contributed by atoms with Crippen LogP contribution in [0, 0.1) is 5.92 Å². The Balaban J connectivity index is 3.82. The lowest BCUT2D eigenvalue weighted by atomic mass is 10.1. The van der Waals surface area contributed by atoms with Gasteiger partial charge in [-0.15, -0.1) is 0 Å². The van der Waals surface area contributed by atoms with Gasteiger partial charge in [-0.3, -0.25) is 4.79 Å². The van der Waals surface area contributed by atoms with Gasteiger partial charge >= 0.3 is 0 Å². The van der Waals surface area contributed by atoms with Gasteiger partial charge in [-0.05, 0) is 13.5 Å². The highest BCUT2D eigenvalue weighted by Gasteiger charge is 2.21. The summed E-state index contributed by atoms with van der Waals surface area (Å²) in [4.78, 5) is 11.5. The zero-order valence-corrected chi connectivity index (χ0v) is 9.71. The zero-order valence-electron chi connectivity index (χ0n) is 9.71. The lowest BCUT2D eigenvalue weighted by Gasteiger charge is -2.22. The summed E-state index contributed by atoms with van der Waals surface area (Å²) in [5.74, 6) is -0.260. The molecule has 0 bridgehead atoms. The molecule has 0 aromatic carbocycles. The van der Waals surface area contributed by atoms with Crippen LogP contribution in [0.4, 0.5) is 0 Å². The molecular weight excluding hydrogens is 196 g/mol. The first-order chi connectivity index (χ1) is 6.93. The van der Waals surface area contributed by atoms with Gasteiger partial charge in [0.15, 0.2) is 0 Å². The van der Waals surface area contributed by atoms with Crippen LogP contribution in [-0.2, 0) is 4.79 Å². The van der Waals surface area contributed by atoms with Crippen molar-refractivity contribution in [3.63, 3.8) is 0 Å². The van der Waals surface area contributed by atoms with Gasteiger partial charge in [0.05, 0.1) is 6.61 Å². The first kappa shape index (κ1) is 14.3. The maximum atomic E-state index is 11.5. The molecule has 0 saturated heterocycles. The van der Waals surface area contributed by atoms with Crippen LogP contribution >= 0.6 is 0 Å². The molecule has 0 aliphatic heterocycles. The number of hydrogen-bond acceptors (Lipinski definition) is 4. The molecule has 0 heterocycles. The average Bonchev–Trinajstić information content (AvgIpc) is 2.22. The summed E-state index contributed by atoms with van der Waals surface area (Å²) in [7, 11) is 0. The summed E-state index contributed by atoms with van der Waals surface area (Å²) < 4.78 is 0. The second-order valence-corrected chi connectivity index (χ2v) is 4.08. The van der Waals surface area contributed by atoms with Crippen molar-refractivity contribution in [2.45, 2.75) is 26.4 Å². The zero-order chi connectivity index (χ0) is 11.9. The topological polar surface area (TPSA) is 81.6 Å². The van der Waals surface area contributed by atoms with Crippen molar-refractivity contribution in [2.75, 3.05) is 26.2 Å². The Hall–Kier alpha value is -0.650. The van der Waals surface area contributed by atoms with Crippen LogP contribution < -0.4 is 10.6 Å². The summed E-state index contributed by atoms with van der Waals surface area (Å²) in [6, 6.07) is 0. The van der Waals surface area contributed by atoms with E-state index in [2.05, 4.69) is 10.6 Å². The van der Waals surface area contributed by atoms with E-state index in [9.17, 15) is 9.90 Å². The molecule has 0 aromatic rings. The molecule has 2 unspecified atom stereocenters. The Bertz CT molecular complexity index is 195. The smallest absolute Gasteiger partial charge is 0.224 e. The number of hydrogen-bond donors (Lipinski definition) is 4. The molecule has 5 heteroatoms. The number of nitrogens with one attached hydrogen (secondary N) is 2. The van der Waals surface area contributed by atoms with Crippen molar-refractivity contribution in [2.24, 2.45) is 5.92 Å². The molecule has 2 atom stereocenters. The second kappa shape index (κ2) is 6.76. The molecular formula is C10H22N2O3. The summed E-state index contributed by atoms with van der Waals surface area (Å²) in [5.41, 5.74) is -1.24. The molecule has 0 rings (SSSR count). The molecule has 0 fully saturated rings. The van der Waals surface area contributed by atoms with E-state index in [0.29, 0.717) is 6.54 Å². The highest BCUT2D eigenvalue weighted by molar-refractivity contribution is 5.78. The highest BCUT2D eigenvalue weighted by Crippen LogP contribution is 2.00. The molecule has 90 valence electrons. The molecule has 1 amide bonds. The Morgan fingerprint density at radius 2 is 2.13 bits per heavy atom. The van der Waals surface area contributed by atoms with Gasteiger partial charge in [-0.25, -0.2) is 0 Å². The molecule has 0 aliphatic carbocycles. The molecule has 15 heavy (non-hydrogen) atoms. The van der Waals surface area contributed by atoms with Gasteiger partial charge in [-0.2, -0.15) is 0 Å². The van der Waals surface area contributed by atoms with Crippen LogP contribution in [0.3, 0.4) is 0 Å². The van der Waals surface area contributed by atoms with E-state index in [0.717, 1.165) is 6.54 Å². The molecule has 0 radical (unpaired) electrons. The maximum absolute atomic E-state index is 11.5. The summed E-state index contributed by atoms with van der Waals surface area (Å²) in [6.07, 6.45) is 0. The van der Waals surface area contributed by atoms with Crippen LogP contribution in [-0.4, -0.2) is 48.0 Å². The third kappa shape index (κ3) is 6.43. The number of carbonyl (C=O) groups excluding carboxylic acids is 1. The average molecular weight is 218 g/mol. The Kier molecular flexibility index (Phi) is 6.47. The summed E-state index contributed by atoms with van der Waals surface area (Å²) >= 11 is 0. The van der Waals surface area contributed by atoms with Gasteiger partial charge in [0.1, 0.15) is 5.60 Å². The second-order valence-electron chi connectivity index (χ2n) is 4.08. The minimum atomic E-state index is -1.24. The van der Waals surface area contributed by atoms with Crippen LogP contribution in [0.5, 0.6) is 0 Å². The van der Waals surface area contributed by atoms with E-state index in [1.54, 1.807) is 0 Å². The van der Waals surface area contributed by atoms with Gasteiger partial charge in [0, 0.05) is 19.0 Å². The lowest BCUT2D eigenvalue weighted by Crippen LogP contribution is -2.45. The first-order valence-electron chi connectivity index (χ1n) is 5.24. The molecule has 0 saturated carbocycles. The van der Waals surface area contributed by atoms with E-state index in [-0.39, 0.29) is 25.0 Å². The number of aliphatic hydroxyl groups excluding tert-OH is 1. The molecule has 0 aliphatic rings. The quantitative estimate of drug-likeness (QED) is 0.446. The predicted molar refractivity (Wildman–Crippen MR) is 58.4 cm³/mol. The van der Waals surface area contributed by atoms with E-state index < -0.39 is 5.60 Å². The maximum Gasteiger partial charge on any atom is 0.224 e. The molecule has 5 nitrogen and oxygen atoms in total. The number of carbonyl (C=O) groups is 1. The van der Waals surface area contributed by atoms with Crippen molar-refractivity contribution in [1.29, 1.82) is 0 Å². The summed E-state index contributed by atoms with van der Waals surface area (Å²) in [5, 5.41) is 23.9. The SMILES string of the molecule is CCNCC(C)C(=O)NCC(C)(O)CO. The standard InChI is InChI=1S/C10H22N2O3/c1-4-11-5-8(2)9(14)12-6-10(3,15)7-13/h8,11,13,15H,4-7H2,1-3H3,(H,12,14). The van der Waals surface area contributed by atoms with Crippen molar-refractivity contribution < 1.29 is 15.0 Å². The number of amides is 1. The van der Waals surface area contributed by atoms with E-state index in [4.69, 9.17) is 5.11 Å². The van der Waals surface area contributed by atoms with E-state index in [1.807, 2.05) is 13.8 Å². The third-order valence-corrected chi connectivity index (χ3v) is 2.13. The minimum Gasteiger partial charge on any atom is -0.393 e. The van der Waals surface area contributed by atoms with E-state index >= 15 is 0 Å². The minimum absolute atomic E-state index is 0.0683. The normalized spacial score (nSPS) is 16.9. The third-order valence-electron chi connectivity index (χ3n) is 2.13. The predicted octanol–water partition coefficient (Wildman–Crippen LogP) is -0.908. The Morgan fingerprint density at radius 1 is 1.53 bits per heavy atom. The largest absolute Gasteiger partial charge is 0.393 e. The number of rotatable bonds is 7. The van der Waals surface area contributed by atoms with Gasteiger partial charge in [0.2, 0.25) is 5.91 Å². The number of aliphatic hydroxyl groups is 2. The highest BCUT2D eigenvalue weighted by atomic mass is 16.3. The van der Waals surface area contributed by atoms with Gasteiger partial charge < -0.3 is 20.8 Å². The van der Waals surface area contributed by atoms with Crippen molar-refractivity contribution in [1.82, 2.24) is 10.6 Å². The lowest BCUT2D eigenvalue weighted by molar-refractivity contribution is -0.125. The fraction of sp³-hybridized carbons (Fsp3) is 0.900.